The van der Waals surface area contributed by atoms with E-state index in [-0.39, 0.29) is 29.9 Å². The van der Waals surface area contributed by atoms with Crippen LogP contribution in [-0.2, 0) is 17.9 Å². The van der Waals surface area contributed by atoms with Gasteiger partial charge in [0, 0.05) is 20.2 Å². The third-order valence-electron chi connectivity index (χ3n) is 5.95. The molecule has 1 N–H and O–H groups in total. The van der Waals surface area contributed by atoms with Crippen LogP contribution >= 0.6 is 0 Å². The van der Waals surface area contributed by atoms with E-state index in [1.165, 1.54) is 6.07 Å². The van der Waals surface area contributed by atoms with Crippen LogP contribution in [0, 0.1) is 0 Å². The van der Waals surface area contributed by atoms with E-state index in [1.807, 2.05) is 11.5 Å². The predicted molar refractivity (Wildman–Crippen MR) is 134 cm³/mol. The van der Waals surface area contributed by atoms with Crippen LogP contribution in [0.1, 0.15) is 31.7 Å². The fraction of sp³-hybridized carbons (Fsp3) is 0.520. The molecule has 3 aromatic rings. The molecule has 1 fully saturated rings. The molecular formula is C25H33F2N3O4Si. The highest BCUT2D eigenvalue weighted by Crippen LogP contribution is 2.40. The van der Waals surface area contributed by atoms with E-state index < -0.39 is 14.7 Å². The standard InChI is InChI=1S/C25H33F2N3O4Si/c1-5-6-18-22-19(14-28-29-24(22)31)30(15-32-11-12-35(2,3)4)23(18)16-7-10-20(34-25(26)27)21(13-16)33-17-8-9-17/h7,10,13-14,17,25H,5-6,8-9,11-12,15H2,1-4H3,(H,29,31). The van der Waals surface area contributed by atoms with Gasteiger partial charge in [-0.15, -0.1) is 0 Å². The van der Waals surface area contributed by atoms with Crippen LogP contribution < -0.4 is 15.0 Å². The van der Waals surface area contributed by atoms with Crippen LogP contribution in [0.2, 0.25) is 25.7 Å². The summed E-state index contributed by atoms with van der Waals surface area (Å²) in [5, 5.41) is 7.14. The Bertz CT molecular complexity index is 1230. The number of H-pyrrole nitrogens is 1. The summed E-state index contributed by atoms with van der Waals surface area (Å²) >= 11 is 0. The lowest BCUT2D eigenvalue weighted by molar-refractivity contribution is -0.0516. The lowest BCUT2D eigenvalue weighted by Crippen LogP contribution is -2.22. The fourth-order valence-corrected chi connectivity index (χ4v) is 4.84. The summed E-state index contributed by atoms with van der Waals surface area (Å²) < 4.78 is 44.7. The zero-order valence-corrected chi connectivity index (χ0v) is 21.7. The maximum atomic E-state index is 13.0. The zero-order chi connectivity index (χ0) is 25.2. The molecule has 0 amide bonds. The molecule has 0 saturated heterocycles. The highest BCUT2D eigenvalue weighted by molar-refractivity contribution is 6.76. The Kier molecular flexibility index (Phi) is 7.61. The van der Waals surface area contributed by atoms with E-state index in [1.54, 1.807) is 18.3 Å². The minimum absolute atomic E-state index is 0.00116. The highest BCUT2D eigenvalue weighted by Gasteiger charge is 2.27. The second kappa shape index (κ2) is 10.5. The van der Waals surface area contributed by atoms with Crippen LogP contribution in [-0.4, -0.2) is 42.2 Å². The number of hydrogen-bond acceptors (Lipinski definition) is 5. The smallest absolute Gasteiger partial charge is 0.387 e. The second-order valence-electron chi connectivity index (χ2n) is 10.2. The predicted octanol–water partition coefficient (Wildman–Crippen LogP) is 5.80. The van der Waals surface area contributed by atoms with Gasteiger partial charge in [-0.05, 0) is 49.1 Å². The molecule has 0 atom stereocenters. The maximum absolute atomic E-state index is 13.0. The van der Waals surface area contributed by atoms with Crippen molar-refractivity contribution in [2.24, 2.45) is 0 Å². The summed E-state index contributed by atoms with van der Waals surface area (Å²) in [6, 6.07) is 5.97. The van der Waals surface area contributed by atoms with Gasteiger partial charge in [-0.2, -0.15) is 13.9 Å². The van der Waals surface area contributed by atoms with Crippen molar-refractivity contribution in [1.82, 2.24) is 14.8 Å². The average molecular weight is 506 g/mol. The van der Waals surface area contributed by atoms with Crippen LogP contribution in [0.4, 0.5) is 8.78 Å². The number of aromatic nitrogens is 3. The molecule has 1 aliphatic carbocycles. The molecular weight excluding hydrogens is 472 g/mol. The topological polar surface area (TPSA) is 78.4 Å². The van der Waals surface area contributed by atoms with Gasteiger partial charge in [0.05, 0.1) is 28.9 Å². The summed E-state index contributed by atoms with van der Waals surface area (Å²) in [6.07, 6.45) is 4.88. The largest absolute Gasteiger partial charge is 0.487 e. The van der Waals surface area contributed by atoms with Gasteiger partial charge in [-0.25, -0.2) is 5.10 Å². The molecule has 1 aromatic carbocycles. The second-order valence-corrected chi connectivity index (χ2v) is 15.8. The monoisotopic (exact) mass is 505 g/mol. The molecule has 7 nitrogen and oxygen atoms in total. The number of rotatable bonds is 12. The number of aryl methyl sites for hydroxylation is 1. The molecule has 0 bridgehead atoms. The van der Waals surface area contributed by atoms with Crippen molar-refractivity contribution < 1.29 is 23.0 Å². The average Bonchev–Trinajstić information content (AvgIpc) is 3.54. The molecule has 2 heterocycles. The van der Waals surface area contributed by atoms with E-state index in [4.69, 9.17) is 14.2 Å². The lowest BCUT2D eigenvalue weighted by atomic mass is 10.0. The Morgan fingerprint density at radius 2 is 2.00 bits per heavy atom. The van der Waals surface area contributed by atoms with Crippen LogP contribution in [0.3, 0.4) is 0 Å². The number of ether oxygens (including phenoxy) is 3. The van der Waals surface area contributed by atoms with Gasteiger partial charge in [0.2, 0.25) is 0 Å². The molecule has 35 heavy (non-hydrogen) atoms. The van der Waals surface area contributed by atoms with Gasteiger partial charge < -0.3 is 18.8 Å². The summed E-state index contributed by atoms with van der Waals surface area (Å²) in [7, 11) is -1.27. The first-order valence-corrected chi connectivity index (χ1v) is 15.8. The molecule has 0 aliphatic heterocycles. The first kappa shape index (κ1) is 25.4. The van der Waals surface area contributed by atoms with Gasteiger partial charge in [-0.1, -0.05) is 33.0 Å². The van der Waals surface area contributed by atoms with Crippen LogP contribution in [0.25, 0.3) is 22.2 Å². The maximum Gasteiger partial charge on any atom is 0.387 e. The quantitative estimate of drug-likeness (QED) is 0.249. The molecule has 0 spiro atoms. The van der Waals surface area contributed by atoms with Gasteiger partial charge >= 0.3 is 6.61 Å². The molecule has 4 rings (SSSR count). The molecule has 0 unspecified atom stereocenters. The van der Waals surface area contributed by atoms with E-state index in [0.29, 0.717) is 23.9 Å². The minimum atomic E-state index is -2.95. The van der Waals surface area contributed by atoms with E-state index in [9.17, 15) is 13.6 Å². The number of halogens is 2. The number of nitrogens with zero attached hydrogens (tertiary/aromatic N) is 2. The van der Waals surface area contributed by atoms with Crippen molar-refractivity contribution in [1.29, 1.82) is 0 Å². The normalized spacial score (nSPS) is 14.1. The first-order chi connectivity index (χ1) is 16.7. The Hall–Kier alpha value is -2.72. The van der Waals surface area contributed by atoms with E-state index in [0.717, 1.165) is 42.1 Å². The summed E-state index contributed by atoms with van der Waals surface area (Å²) in [5.74, 6) is 0.275. The molecule has 1 aliphatic rings. The molecule has 0 radical (unpaired) electrons. The first-order valence-electron chi connectivity index (χ1n) is 12.1. The zero-order valence-electron chi connectivity index (χ0n) is 20.7. The Balaban J connectivity index is 1.82. The van der Waals surface area contributed by atoms with Gasteiger partial charge in [0.1, 0.15) is 6.73 Å². The Morgan fingerprint density at radius 3 is 2.66 bits per heavy atom. The molecule has 10 heteroatoms. The molecule has 2 aromatic heterocycles. The number of benzene rings is 1. The highest BCUT2D eigenvalue weighted by atomic mass is 28.3. The van der Waals surface area contributed by atoms with Crippen molar-refractivity contribution in [2.45, 2.75) is 77.7 Å². The number of alkyl halides is 2. The van der Waals surface area contributed by atoms with Gasteiger partial charge in [0.15, 0.2) is 11.5 Å². The third kappa shape index (κ3) is 6.10. The lowest BCUT2D eigenvalue weighted by Gasteiger charge is -2.18. The number of fused-ring (bicyclic) bond motifs is 1. The van der Waals surface area contributed by atoms with Crippen molar-refractivity contribution in [2.75, 3.05) is 6.61 Å². The van der Waals surface area contributed by atoms with E-state index >= 15 is 0 Å². The van der Waals surface area contributed by atoms with Crippen molar-refractivity contribution >= 4 is 19.0 Å². The third-order valence-corrected chi connectivity index (χ3v) is 7.66. The van der Waals surface area contributed by atoms with Crippen molar-refractivity contribution in [3.8, 4) is 22.8 Å². The van der Waals surface area contributed by atoms with Crippen LogP contribution in [0.15, 0.2) is 29.2 Å². The fourth-order valence-electron chi connectivity index (χ4n) is 4.08. The van der Waals surface area contributed by atoms with E-state index in [2.05, 4.69) is 29.8 Å². The molecule has 1 saturated carbocycles. The Labute approximate surface area is 204 Å². The molecule has 190 valence electrons. The SMILES string of the molecule is CCCc1c(-c2ccc(OC(F)F)c(OC3CC3)c2)n(COCC[Si](C)(C)C)c2cn[nH]c(=O)c12. The van der Waals surface area contributed by atoms with Crippen molar-refractivity contribution in [3.63, 3.8) is 0 Å². The summed E-state index contributed by atoms with van der Waals surface area (Å²) in [6.45, 7) is 6.84. The minimum Gasteiger partial charge on any atom is -0.487 e. The van der Waals surface area contributed by atoms with Gasteiger partial charge in [-0.3, -0.25) is 4.79 Å². The van der Waals surface area contributed by atoms with Crippen LogP contribution in [0.5, 0.6) is 11.5 Å². The van der Waals surface area contributed by atoms with Crippen molar-refractivity contribution in [3.05, 3.63) is 40.3 Å². The number of aromatic amines is 1. The summed E-state index contributed by atoms with van der Waals surface area (Å²) in [4.78, 5) is 12.8. The number of hydrogen-bond donors (Lipinski definition) is 1. The Morgan fingerprint density at radius 1 is 1.23 bits per heavy atom. The van der Waals surface area contributed by atoms with Gasteiger partial charge in [0.25, 0.3) is 5.56 Å². The summed E-state index contributed by atoms with van der Waals surface area (Å²) in [5.41, 5.74) is 2.84. The number of nitrogens with one attached hydrogen (secondary N) is 1.